The Bertz CT molecular complexity index is 2550. The van der Waals surface area contributed by atoms with E-state index < -0.39 is 30.5 Å². The maximum absolute atomic E-state index is 13.5. The highest BCUT2D eigenvalue weighted by molar-refractivity contribution is 7.91. The number of fused-ring (bicyclic) bond motifs is 1. The largest absolute Gasteiger partial charge is 0.495 e. The van der Waals surface area contributed by atoms with Crippen molar-refractivity contribution >= 4 is 20.0 Å². The molecular weight excluding hydrogens is 717 g/mol. The van der Waals surface area contributed by atoms with Gasteiger partial charge >= 0.3 is 0 Å². The number of methoxy groups -OCH3 is 1. The van der Waals surface area contributed by atoms with Gasteiger partial charge in [-0.15, -0.1) is 0 Å². The minimum Gasteiger partial charge on any atom is -0.495 e. The smallest absolute Gasteiger partial charge is 0.298 e. The first-order valence-electron chi connectivity index (χ1n) is 16.2. The average molecular weight is 751 g/mol. The molecule has 0 unspecified atom stereocenters. The lowest BCUT2D eigenvalue weighted by Gasteiger charge is -2.39. The topological polar surface area (TPSA) is 173 Å². The predicted octanol–water partition coefficient (Wildman–Crippen LogP) is 8.25. The van der Waals surface area contributed by atoms with Gasteiger partial charge in [0.05, 0.1) is 22.5 Å². The van der Waals surface area contributed by atoms with Crippen molar-refractivity contribution in [1.29, 1.82) is 10.5 Å². The molecule has 6 rings (SSSR count). The summed E-state index contributed by atoms with van der Waals surface area (Å²) in [7, 11) is -7.29. The molecule has 0 atom stereocenters. The van der Waals surface area contributed by atoms with Gasteiger partial charge in [-0.1, -0.05) is 32.0 Å². The fourth-order valence-electron chi connectivity index (χ4n) is 6.47. The van der Waals surface area contributed by atoms with E-state index in [4.69, 9.17) is 18.9 Å². The lowest BCUT2D eigenvalue weighted by atomic mass is 9.65. The van der Waals surface area contributed by atoms with Crippen LogP contribution in [-0.4, -0.2) is 28.5 Å². The van der Waals surface area contributed by atoms with Gasteiger partial charge in [-0.05, 0) is 110 Å². The second kappa shape index (κ2) is 13.6. The fourth-order valence-corrected chi connectivity index (χ4v) is 8.40. The summed E-state index contributed by atoms with van der Waals surface area (Å²) in [4.78, 5) is -0.417. The van der Waals surface area contributed by atoms with E-state index in [1.54, 1.807) is 44.2 Å². The van der Waals surface area contributed by atoms with E-state index in [2.05, 4.69) is 26.0 Å². The van der Waals surface area contributed by atoms with Crippen molar-refractivity contribution in [2.75, 3.05) is 7.11 Å². The molecule has 0 amide bonds. The maximum atomic E-state index is 13.5. The van der Waals surface area contributed by atoms with Crippen molar-refractivity contribution < 1.29 is 40.3 Å². The SMILES string of the molecule is COc1ccc(Oc2cccc(C(C)(C)Oc3ccc(S(=O)(=O)c4ccc(Oc5ccc6c(c5C#N)C(C)(C)C6)cc4)cc3)c2C#N)cc1S(=O)(=O)O. The molecule has 1 N–H and O–H groups in total. The highest BCUT2D eigenvalue weighted by Gasteiger charge is 2.38. The molecule has 0 aromatic heterocycles. The van der Waals surface area contributed by atoms with Crippen LogP contribution in [0.2, 0.25) is 0 Å². The molecule has 0 heterocycles. The molecule has 0 radical (unpaired) electrons. The summed E-state index contributed by atoms with van der Waals surface area (Å²) in [6.07, 6.45) is 0.888. The lowest BCUT2D eigenvalue weighted by molar-refractivity contribution is 0.108. The van der Waals surface area contributed by atoms with Crippen LogP contribution < -0.4 is 18.9 Å². The van der Waals surface area contributed by atoms with Crippen LogP contribution in [0, 0.1) is 22.7 Å². The van der Waals surface area contributed by atoms with Crippen LogP contribution in [0.25, 0.3) is 0 Å². The summed E-state index contributed by atoms with van der Waals surface area (Å²) in [5.41, 5.74) is 1.89. The van der Waals surface area contributed by atoms with E-state index in [0.717, 1.165) is 23.6 Å². The van der Waals surface area contributed by atoms with Gasteiger partial charge in [0.25, 0.3) is 10.1 Å². The number of nitriles is 2. The normalized spacial score (nSPS) is 13.4. The minimum atomic E-state index is -4.63. The summed E-state index contributed by atoms with van der Waals surface area (Å²) in [5, 5.41) is 20.0. The molecule has 0 bridgehead atoms. The molecule has 5 aromatic rings. The molecule has 1 aliphatic carbocycles. The summed E-state index contributed by atoms with van der Waals surface area (Å²) < 4.78 is 83.6. The fraction of sp³-hybridized carbons (Fsp3) is 0.200. The zero-order valence-corrected chi connectivity index (χ0v) is 31.0. The van der Waals surface area contributed by atoms with Gasteiger partial charge in [0.15, 0.2) is 0 Å². The second-order valence-electron chi connectivity index (χ2n) is 13.5. The molecule has 1 aliphatic rings. The standard InChI is InChI=1S/C40H34N2O9S2/c1-39(2)22-25-9-19-35(32(24-42)38(25)39)49-26-10-15-29(16-11-26)52(43,44)30-17-12-27(13-18-30)51-40(3,4)33-7-6-8-34(31(33)23-41)50-28-14-20-36(48-5)37(21-28)53(45,46)47/h6-21H,22H2,1-5H3,(H,45,46,47). The van der Waals surface area contributed by atoms with E-state index in [-0.39, 0.29) is 38.0 Å². The summed E-state index contributed by atoms with van der Waals surface area (Å²) in [6.45, 7) is 7.62. The van der Waals surface area contributed by atoms with Crippen LogP contribution in [-0.2, 0) is 37.4 Å². The van der Waals surface area contributed by atoms with Gasteiger partial charge in [-0.25, -0.2) is 8.42 Å². The van der Waals surface area contributed by atoms with Crippen molar-refractivity contribution in [3.8, 4) is 46.6 Å². The lowest BCUT2D eigenvalue weighted by Crippen LogP contribution is -2.33. The Kier molecular flexibility index (Phi) is 9.47. The van der Waals surface area contributed by atoms with Crippen molar-refractivity contribution in [2.24, 2.45) is 0 Å². The third-order valence-corrected chi connectivity index (χ3v) is 11.6. The first-order chi connectivity index (χ1) is 25.0. The number of benzene rings is 5. The second-order valence-corrected chi connectivity index (χ2v) is 16.8. The molecule has 11 nitrogen and oxygen atoms in total. The monoisotopic (exact) mass is 750 g/mol. The summed E-state index contributed by atoms with van der Waals surface area (Å²) in [5.74, 6) is 1.20. The molecular formula is C40H34N2O9S2. The van der Waals surface area contributed by atoms with Gasteiger partial charge in [0, 0.05) is 11.6 Å². The van der Waals surface area contributed by atoms with Crippen molar-refractivity contribution in [3.05, 3.63) is 125 Å². The molecule has 0 fully saturated rings. The molecule has 0 saturated heterocycles. The number of sulfone groups is 1. The number of nitrogens with zero attached hydrogens (tertiary/aromatic N) is 2. The quantitative estimate of drug-likeness (QED) is 0.129. The van der Waals surface area contributed by atoms with Crippen molar-refractivity contribution in [2.45, 2.75) is 59.8 Å². The Labute approximate surface area is 308 Å². The van der Waals surface area contributed by atoms with Crippen LogP contribution in [0.5, 0.6) is 34.5 Å². The minimum absolute atomic E-state index is 0.0320. The zero-order chi connectivity index (χ0) is 38.3. The Morgan fingerprint density at radius 2 is 1.26 bits per heavy atom. The summed E-state index contributed by atoms with van der Waals surface area (Å²) in [6, 6.07) is 28.7. The van der Waals surface area contributed by atoms with Gasteiger partial charge in [0.2, 0.25) is 9.84 Å². The van der Waals surface area contributed by atoms with Crippen LogP contribution in [0.4, 0.5) is 0 Å². The van der Waals surface area contributed by atoms with E-state index in [1.165, 1.54) is 61.7 Å². The summed E-state index contributed by atoms with van der Waals surface area (Å²) >= 11 is 0. The first-order valence-corrected chi connectivity index (χ1v) is 19.2. The van der Waals surface area contributed by atoms with Crippen LogP contribution in [0.1, 0.15) is 55.5 Å². The number of ether oxygens (including phenoxy) is 4. The Morgan fingerprint density at radius 1 is 0.717 bits per heavy atom. The number of hydrogen-bond acceptors (Lipinski definition) is 10. The van der Waals surface area contributed by atoms with Crippen molar-refractivity contribution in [3.63, 3.8) is 0 Å². The Hall–Kier alpha value is -5.86. The van der Waals surface area contributed by atoms with Gasteiger partial charge < -0.3 is 18.9 Å². The molecule has 5 aromatic carbocycles. The Morgan fingerprint density at radius 3 is 1.83 bits per heavy atom. The predicted molar refractivity (Wildman–Crippen MR) is 194 cm³/mol. The molecule has 0 spiro atoms. The third kappa shape index (κ3) is 7.15. The van der Waals surface area contributed by atoms with E-state index in [1.807, 2.05) is 6.07 Å². The van der Waals surface area contributed by atoms with Crippen LogP contribution in [0.3, 0.4) is 0 Å². The molecule has 0 aliphatic heterocycles. The van der Waals surface area contributed by atoms with Gasteiger partial charge in [-0.3, -0.25) is 4.55 Å². The van der Waals surface area contributed by atoms with E-state index in [9.17, 15) is 31.9 Å². The number of rotatable bonds is 11. The highest BCUT2D eigenvalue weighted by Crippen LogP contribution is 2.46. The van der Waals surface area contributed by atoms with Gasteiger partial charge in [-0.2, -0.15) is 18.9 Å². The van der Waals surface area contributed by atoms with E-state index in [0.29, 0.717) is 28.4 Å². The number of hydrogen-bond donors (Lipinski definition) is 1. The molecule has 53 heavy (non-hydrogen) atoms. The molecule has 0 saturated carbocycles. The van der Waals surface area contributed by atoms with Crippen molar-refractivity contribution in [1.82, 2.24) is 0 Å². The molecule has 270 valence electrons. The maximum Gasteiger partial charge on any atom is 0.298 e. The first kappa shape index (κ1) is 36.9. The average Bonchev–Trinajstić information content (AvgIpc) is 3.11. The van der Waals surface area contributed by atoms with Crippen LogP contribution in [0.15, 0.2) is 112 Å². The van der Waals surface area contributed by atoms with Gasteiger partial charge in [0.1, 0.15) is 62.7 Å². The van der Waals surface area contributed by atoms with E-state index >= 15 is 0 Å². The van der Waals surface area contributed by atoms with Crippen LogP contribution >= 0.6 is 0 Å². The molecule has 13 heteroatoms. The third-order valence-electron chi connectivity index (χ3n) is 8.97. The highest BCUT2D eigenvalue weighted by atomic mass is 32.2. The Balaban J connectivity index is 1.18. The zero-order valence-electron chi connectivity index (χ0n) is 29.4.